The fraction of sp³-hybridized carbons (Fsp3) is 0.316. The summed E-state index contributed by atoms with van der Waals surface area (Å²) in [6.07, 6.45) is 1.96. The third kappa shape index (κ3) is 5.60. The average Bonchev–Trinajstić information content (AvgIpc) is 2.60. The van der Waals surface area contributed by atoms with Crippen LogP contribution in [0.1, 0.15) is 28.5 Å². The Kier molecular flexibility index (Phi) is 6.51. The maximum Gasteiger partial charge on any atom is 0.252 e. The van der Waals surface area contributed by atoms with Gasteiger partial charge in [0.1, 0.15) is 5.75 Å². The Morgan fingerprint density at radius 3 is 2.48 bits per heavy atom. The van der Waals surface area contributed by atoms with Gasteiger partial charge in [-0.2, -0.15) is 0 Å². The molecule has 0 aliphatic rings. The van der Waals surface area contributed by atoms with E-state index in [1.54, 1.807) is 12.1 Å². The molecular weight excluding hydrogens is 318 g/mol. The van der Waals surface area contributed by atoms with E-state index in [-0.39, 0.29) is 12.5 Å². The van der Waals surface area contributed by atoms with Crippen LogP contribution in [-0.2, 0) is 11.2 Å². The van der Waals surface area contributed by atoms with Crippen LogP contribution in [0.25, 0.3) is 0 Å². The van der Waals surface area contributed by atoms with Gasteiger partial charge in [-0.1, -0.05) is 12.1 Å². The number of nitrogens with one attached hydrogen (secondary N) is 1. The van der Waals surface area contributed by atoms with Crippen molar-refractivity contribution >= 4 is 11.8 Å². The molecule has 2 amide bonds. The Labute approximate surface area is 147 Å². The average molecular weight is 341 g/mol. The number of carbonyl (C=O) groups excluding carboxylic acids is 2. The zero-order chi connectivity index (χ0) is 18.2. The monoisotopic (exact) mass is 341 g/mol. The van der Waals surface area contributed by atoms with Crippen molar-refractivity contribution in [2.45, 2.75) is 20.3 Å². The number of ether oxygens (including phenoxy) is 1. The summed E-state index contributed by atoms with van der Waals surface area (Å²) in [6.45, 7) is 4.54. The van der Waals surface area contributed by atoms with Crippen molar-refractivity contribution in [2.75, 3.05) is 13.2 Å². The molecule has 1 aromatic carbocycles. The number of benzene rings is 1. The predicted octanol–water partition coefficient (Wildman–Crippen LogP) is 1.86. The molecule has 2 rings (SSSR count). The summed E-state index contributed by atoms with van der Waals surface area (Å²) < 4.78 is 5.40. The number of carbonyl (C=O) groups is 2. The van der Waals surface area contributed by atoms with Crippen LogP contribution in [0.3, 0.4) is 0 Å². The zero-order valence-electron chi connectivity index (χ0n) is 14.5. The fourth-order valence-electron chi connectivity index (χ4n) is 2.37. The van der Waals surface area contributed by atoms with E-state index < -0.39 is 11.8 Å². The van der Waals surface area contributed by atoms with E-state index in [9.17, 15) is 9.59 Å². The van der Waals surface area contributed by atoms with Gasteiger partial charge in [0.05, 0.1) is 18.1 Å². The van der Waals surface area contributed by atoms with Crippen LogP contribution >= 0.6 is 0 Å². The number of nitrogens with two attached hydrogens (primary N) is 1. The smallest absolute Gasteiger partial charge is 0.252 e. The molecule has 1 aromatic heterocycles. The Hall–Kier alpha value is -2.89. The molecule has 6 heteroatoms. The Balaban J connectivity index is 1.95. The second-order valence-corrected chi connectivity index (χ2v) is 5.78. The first kappa shape index (κ1) is 18.4. The lowest BCUT2D eigenvalue weighted by Crippen LogP contribution is -2.37. The van der Waals surface area contributed by atoms with Crippen molar-refractivity contribution < 1.29 is 14.3 Å². The Morgan fingerprint density at radius 1 is 1.20 bits per heavy atom. The van der Waals surface area contributed by atoms with Crippen molar-refractivity contribution in [1.29, 1.82) is 0 Å². The second kappa shape index (κ2) is 8.82. The van der Waals surface area contributed by atoms with Gasteiger partial charge < -0.3 is 15.8 Å². The van der Waals surface area contributed by atoms with Crippen LogP contribution in [-0.4, -0.2) is 29.9 Å². The van der Waals surface area contributed by atoms with E-state index in [1.165, 1.54) is 6.20 Å². The molecular formula is C19H23N3O3. The maximum absolute atomic E-state index is 12.1. The van der Waals surface area contributed by atoms with E-state index in [1.807, 2.05) is 38.1 Å². The zero-order valence-corrected chi connectivity index (χ0v) is 14.5. The minimum absolute atomic E-state index is 0.176. The number of hydrogen-bond donors (Lipinski definition) is 2. The van der Waals surface area contributed by atoms with Crippen LogP contribution in [0.15, 0.2) is 42.6 Å². The molecule has 0 radical (unpaired) electrons. The maximum atomic E-state index is 12.1. The first-order chi connectivity index (χ1) is 12.0. The van der Waals surface area contributed by atoms with Crippen LogP contribution in [0, 0.1) is 12.8 Å². The first-order valence-electron chi connectivity index (χ1n) is 8.21. The minimum atomic E-state index is -0.486. The molecule has 0 spiro atoms. The van der Waals surface area contributed by atoms with Gasteiger partial charge in [-0.15, -0.1) is 0 Å². The topological polar surface area (TPSA) is 94.3 Å². The van der Waals surface area contributed by atoms with E-state index >= 15 is 0 Å². The highest BCUT2D eigenvalue weighted by Crippen LogP contribution is 2.15. The molecule has 2 aromatic rings. The number of primary amides is 1. The predicted molar refractivity (Wildman–Crippen MR) is 95.3 cm³/mol. The largest absolute Gasteiger partial charge is 0.494 e. The van der Waals surface area contributed by atoms with E-state index in [0.29, 0.717) is 18.6 Å². The SMILES string of the molecule is CCOc1ccc(C[C@@H](CNC(=O)c2ccc(C)nc2)C(N)=O)cc1. The molecule has 0 saturated heterocycles. The van der Waals surface area contributed by atoms with Crippen molar-refractivity contribution in [2.24, 2.45) is 11.7 Å². The molecule has 0 aliphatic heterocycles. The number of nitrogens with zero attached hydrogens (tertiary/aromatic N) is 1. The number of pyridine rings is 1. The number of aromatic nitrogens is 1. The van der Waals surface area contributed by atoms with Crippen molar-refractivity contribution in [1.82, 2.24) is 10.3 Å². The summed E-state index contributed by atoms with van der Waals surface area (Å²) >= 11 is 0. The van der Waals surface area contributed by atoms with E-state index in [0.717, 1.165) is 17.0 Å². The fourth-order valence-corrected chi connectivity index (χ4v) is 2.37. The van der Waals surface area contributed by atoms with Crippen LogP contribution in [0.4, 0.5) is 0 Å². The van der Waals surface area contributed by atoms with E-state index in [4.69, 9.17) is 10.5 Å². The lowest BCUT2D eigenvalue weighted by molar-refractivity contribution is -0.121. The highest BCUT2D eigenvalue weighted by Gasteiger charge is 2.18. The molecule has 0 bridgehead atoms. The number of amides is 2. The van der Waals surface area contributed by atoms with Crippen molar-refractivity contribution in [3.8, 4) is 5.75 Å². The quantitative estimate of drug-likeness (QED) is 0.766. The van der Waals surface area contributed by atoms with Crippen molar-refractivity contribution in [3.05, 3.63) is 59.4 Å². The van der Waals surface area contributed by atoms with Gasteiger partial charge in [-0.25, -0.2) is 0 Å². The van der Waals surface area contributed by atoms with Gasteiger partial charge in [-0.05, 0) is 50.1 Å². The molecule has 3 N–H and O–H groups in total. The highest BCUT2D eigenvalue weighted by molar-refractivity contribution is 5.94. The number of aryl methyl sites for hydroxylation is 1. The number of hydrogen-bond acceptors (Lipinski definition) is 4. The second-order valence-electron chi connectivity index (χ2n) is 5.78. The van der Waals surface area contributed by atoms with Gasteiger partial charge in [0.25, 0.3) is 5.91 Å². The van der Waals surface area contributed by atoms with Crippen LogP contribution in [0.5, 0.6) is 5.75 Å². The Bertz CT molecular complexity index is 712. The minimum Gasteiger partial charge on any atom is -0.494 e. The molecule has 1 atom stereocenters. The van der Waals surface area contributed by atoms with Crippen LogP contribution < -0.4 is 15.8 Å². The number of rotatable bonds is 8. The molecule has 0 aliphatic carbocycles. The summed E-state index contributed by atoms with van der Waals surface area (Å²) in [5, 5.41) is 2.75. The lowest BCUT2D eigenvalue weighted by Gasteiger charge is -2.15. The van der Waals surface area contributed by atoms with Gasteiger partial charge in [0, 0.05) is 18.4 Å². The van der Waals surface area contributed by atoms with Gasteiger partial charge in [0.2, 0.25) is 5.91 Å². The molecule has 25 heavy (non-hydrogen) atoms. The summed E-state index contributed by atoms with van der Waals surface area (Å²) in [5.41, 5.74) is 7.73. The molecule has 6 nitrogen and oxygen atoms in total. The third-order valence-electron chi connectivity index (χ3n) is 3.80. The summed E-state index contributed by atoms with van der Waals surface area (Å²) in [4.78, 5) is 27.9. The van der Waals surface area contributed by atoms with Crippen molar-refractivity contribution in [3.63, 3.8) is 0 Å². The molecule has 0 saturated carbocycles. The van der Waals surface area contributed by atoms with Gasteiger partial charge in [0.15, 0.2) is 0 Å². The van der Waals surface area contributed by atoms with Gasteiger partial charge >= 0.3 is 0 Å². The summed E-state index contributed by atoms with van der Waals surface area (Å²) in [5.74, 6) is -0.427. The highest BCUT2D eigenvalue weighted by atomic mass is 16.5. The normalized spacial score (nSPS) is 11.6. The lowest BCUT2D eigenvalue weighted by atomic mass is 9.98. The molecule has 1 heterocycles. The van der Waals surface area contributed by atoms with E-state index in [2.05, 4.69) is 10.3 Å². The Morgan fingerprint density at radius 2 is 1.92 bits per heavy atom. The van der Waals surface area contributed by atoms with Crippen LogP contribution in [0.2, 0.25) is 0 Å². The summed E-state index contributed by atoms with van der Waals surface area (Å²) in [6, 6.07) is 11.0. The molecule has 132 valence electrons. The molecule has 0 unspecified atom stereocenters. The third-order valence-corrected chi connectivity index (χ3v) is 3.80. The van der Waals surface area contributed by atoms with Gasteiger partial charge in [-0.3, -0.25) is 14.6 Å². The summed E-state index contributed by atoms with van der Waals surface area (Å²) in [7, 11) is 0. The standard InChI is InChI=1S/C19H23N3O3/c1-3-25-17-8-5-14(6-9-17)10-16(18(20)23)12-22-19(24)15-7-4-13(2)21-11-15/h4-9,11,16H,3,10,12H2,1-2H3,(H2,20,23)(H,22,24)/t16-/m0/s1. The molecule has 0 fully saturated rings. The first-order valence-corrected chi connectivity index (χ1v) is 8.21.